The molecule has 162 valence electrons. The van der Waals surface area contributed by atoms with Crippen LogP contribution in [0.5, 0.6) is 0 Å². The minimum atomic E-state index is 0. The number of halogens is 1. The van der Waals surface area contributed by atoms with Crippen LogP contribution in [0.2, 0.25) is 0 Å². The fraction of sp³-hybridized carbons (Fsp3) is 0.545. The lowest BCUT2D eigenvalue weighted by atomic mass is 10.1. The van der Waals surface area contributed by atoms with Crippen molar-refractivity contribution in [3.63, 3.8) is 0 Å². The van der Waals surface area contributed by atoms with E-state index in [2.05, 4.69) is 71.8 Å². The van der Waals surface area contributed by atoms with Crippen LogP contribution in [0.25, 0.3) is 0 Å². The van der Waals surface area contributed by atoms with E-state index in [0.29, 0.717) is 6.54 Å². The third-order valence-corrected chi connectivity index (χ3v) is 5.05. The summed E-state index contributed by atoms with van der Waals surface area (Å²) in [5, 5.41) is 10.8. The molecule has 0 radical (unpaired) electrons. The number of hydrogen-bond donors (Lipinski definition) is 2. The molecule has 0 fully saturated rings. The zero-order valence-electron chi connectivity index (χ0n) is 18.4. The zero-order valence-corrected chi connectivity index (χ0v) is 20.7. The summed E-state index contributed by atoms with van der Waals surface area (Å²) >= 11 is 0. The predicted octanol–water partition coefficient (Wildman–Crippen LogP) is 4.09. The number of benzene rings is 1. The topological polar surface area (TPSA) is 65.7 Å². The van der Waals surface area contributed by atoms with E-state index in [1.807, 2.05) is 13.8 Å². The van der Waals surface area contributed by atoms with Crippen LogP contribution in [-0.4, -0.2) is 48.7 Å². The molecule has 1 heterocycles. The number of hydrogen-bond acceptors (Lipinski definition) is 4. The molecule has 7 heteroatoms. The van der Waals surface area contributed by atoms with E-state index in [-0.39, 0.29) is 30.0 Å². The second-order valence-corrected chi connectivity index (χ2v) is 6.85. The van der Waals surface area contributed by atoms with Crippen molar-refractivity contribution in [2.24, 2.45) is 4.99 Å². The number of aryl methyl sites for hydroxylation is 2. The van der Waals surface area contributed by atoms with Gasteiger partial charge in [0.15, 0.2) is 5.96 Å². The van der Waals surface area contributed by atoms with E-state index in [0.717, 1.165) is 50.0 Å². The molecule has 6 nitrogen and oxygen atoms in total. The van der Waals surface area contributed by atoms with Gasteiger partial charge in [-0.25, -0.2) is 0 Å². The molecule has 29 heavy (non-hydrogen) atoms. The van der Waals surface area contributed by atoms with Crippen molar-refractivity contribution in [2.45, 2.75) is 47.1 Å². The van der Waals surface area contributed by atoms with E-state index in [1.54, 1.807) is 0 Å². The maximum atomic E-state index is 5.25. The number of nitrogens with one attached hydrogen (secondary N) is 2. The standard InChI is InChI=1S/C22H35N5O.HI/c1-6-23-22(24-15-14-20-17(4)26-28-18(20)5)25-16-21(27(7-2)8-3)19-12-10-9-11-13-19;/h9-13,21H,6-8,14-16H2,1-5H3,(H2,23,24,25);1H. The van der Waals surface area contributed by atoms with Crippen LogP contribution in [0.15, 0.2) is 39.8 Å². The Labute approximate surface area is 192 Å². The van der Waals surface area contributed by atoms with E-state index in [4.69, 9.17) is 9.52 Å². The van der Waals surface area contributed by atoms with Crippen molar-refractivity contribution in [2.75, 3.05) is 32.7 Å². The van der Waals surface area contributed by atoms with Crippen molar-refractivity contribution < 1.29 is 4.52 Å². The van der Waals surface area contributed by atoms with Crippen LogP contribution in [0, 0.1) is 13.8 Å². The van der Waals surface area contributed by atoms with Gasteiger partial charge in [-0.1, -0.05) is 49.3 Å². The molecule has 0 aliphatic rings. The third-order valence-electron chi connectivity index (χ3n) is 5.05. The molecule has 2 aromatic rings. The Kier molecular flexibility index (Phi) is 11.9. The summed E-state index contributed by atoms with van der Waals surface area (Å²) in [4.78, 5) is 7.34. The smallest absolute Gasteiger partial charge is 0.191 e. The second-order valence-electron chi connectivity index (χ2n) is 6.85. The Balaban J connectivity index is 0.00000420. The predicted molar refractivity (Wildman–Crippen MR) is 131 cm³/mol. The summed E-state index contributed by atoms with van der Waals surface area (Å²) in [7, 11) is 0. The third kappa shape index (κ3) is 7.62. The molecule has 0 aliphatic heterocycles. The number of rotatable bonds is 10. The van der Waals surface area contributed by atoms with Gasteiger partial charge in [0.1, 0.15) is 5.76 Å². The lowest BCUT2D eigenvalue weighted by Crippen LogP contribution is -2.39. The first-order valence-corrected chi connectivity index (χ1v) is 10.3. The van der Waals surface area contributed by atoms with Gasteiger partial charge in [0.25, 0.3) is 0 Å². The molecule has 2 N–H and O–H groups in total. The summed E-state index contributed by atoms with van der Waals surface area (Å²) in [6, 6.07) is 10.9. The summed E-state index contributed by atoms with van der Waals surface area (Å²) in [5.74, 6) is 1.74. The number of guanidine groups is 1. The Morgan fingerprint density at radius 1 is 1.10 bits per heavy atom. The van der Waals surface area contributed by atoms with E-state index >= 15 is 0 Å². The summed E-state index contributed by atoms with van der Waals surface area (Å²) in [5.41, 5.74) is 3.45. The molecule has 1 aromatic heterocycles. The summed E-state index contributed by atoms with van der Waals surface area (Å²) < 4.78 is 5.25. The molecule has 2 rings (SSSR count). The average molecular weight is 513 g/mol. The highest BCUT2D eigenvalue weighted by atomic mass is 127. The van der Waals surface area contributed by atoms with Crippen LogP contribution in [-0.2, 0) is 6.42 Å². The maximum Gasteiger partial charge on any atom is 0.191 e. The molecule has 0 spiro atoms. The van der Waals surface area contributed by atoms with Crippen LogP contribution in [0.3, 0.4) is 0 Å². The van der Waals surface area contributed by atoms with E-state index in [9.17, 15) is 0 Å². The minimum Gasteiger partial charge on any atom is -0.361 e. The molecular formula is C22H36IN5O. The Morgan fingerprint density at radius 2 is 1.79 bits per heavy atom. The number of aliphatic imine (C=N–C) groups is 1. The van der Waals surface area contributed by atoms with Crippen LogP contribution in [0.1, 0.15) is 49.4 Å². The summed E-state index contributed by atoms with van der Waals surface area (Å²) in [6.45, 7) is 14.8. The van der Waals surface area contributed by atoms with Crippen molar-refractivity contribution in [1.29, 1.82) is 0 Å². The molecule has 0 amide bonds. The van der Waals surface area contributed by atoms with Crippen LogP contribution in [0.4, 0.5) is 0 Å². The molecule has 0 saturated carbocycles. The van der Waals surface area contributed by atoms with Crippen molar-refractivity contribution in [3.05, 3.63) is 52.9 Å². The van der Waals surface area contributed by atoms with Gasteiger partial charge in [-0.15, -0.1) is 24.0 Å². The van der Waals surface area contributed by atoms with Crippen molar-refractivity contribution >= 4 is 29.9 Å². The van der Waals surface area contributed by atoms with Gasteiger partial charge < -0.3 is 15.2 Å². The fourth-order valence-electron chi connectivity index (χ4n) is 3.46. The van der Waals surface area contributed by atoms with Gasteiger partial charge in [0.2, 0.25) is 0 Å². The quantitative estimate of drug-likeness (QED) is 0.285. The van der Waals surface area contributed by atoms with Gasteiger partial charge in [-0.2, -0.15) is 0 Å². The highest BCUT2D eigenvalue weighted by molar-refractivity contribution is 14.0. The largest absolute Gasteiger partial charge is 0.361 e. The Hall–Kier alpha value is -1.61. The van der Waals surface area contributed by atoms with Gasteiger partial charge in [-0.05, 0) is 45.8 Å². The molecule has 0 saturated heterocycles. The maximum absolute atomic E-state index is 5.25. The molecule has 1 unspecified atom stereocenters. The highest BCUT2D eigenvalue weighted by Gasteiger charge is 2.17. The summed E-state index contributed by atoms with van der Waals surface area (Å²) in [6.07, 6.45) is 0.865. The van der Waals surface area contributed by atoms with E-state index < -0.39 is 0 Å². The van der Waals surface area contributed by atoms with Gasteiger partial charge in [0, 0.05) is 18.7 Å². The molecule has 0 bridgehead atoms. The van der Waals surface area contributed by atoms with Crippen molar-refractivity contribution in [1.82, 2.24) is 20.7 Å². The molecule has 0 aliphatic carbocycles. The van der Waals surface area contributed by atoms with E-state index in [1.165, 1.54) is 11.1 Å². The average Bonchev–Trinajstić information content (AvgIpc) is 3.03. The SMILES string of the molecule is CCNC(=NCC(c1ccccc1)N(CC)CC)NCCc1c(C)noc1C.I. The van der Waals surface area contributed by atoms with Gasteiger partial charge >= 0.3 is 0 Å². The highest BCUT2D eigenvalue weighted by Crippen LogP contribution is 2.20. The van der Waals surface area contributed by atoms with Gasteiger partial charge in [-0.3, -0.25) is 9.89 Å². The molecule has 1 atom stereocenters. The number of aromatic nitrogens is 1. The van der Waals surface area contributed by atoms with Gasteiger partial charge in [0.05, 0.1) is 18.3 Å². The minimum absolute atomic E-state index is 0. The van der Waals surface area contributed by atoms with Crippen LogP contribution < -0.4 is 10.6 Å². The van der Waals surface area contributed by atoms with Crippen molar-refractivity contribution in [3.8, 4) is 0 Å². The monoisotopic (exact) mass is 513 g/mol. The Bertz CT molecular complexity index is 709. The Morgan fingerprint density at radius 3 is 2.34 bits per heavy atom. The number of likely N-dealkylation sites (N-methyl/N-ethyl adjacent to an activating group) is 1. The molecule has 1 aromatic carbocycles. The molecular weight excluding hydrogens is 477 g/mol. The second kappa shape index (κ2) is 13.6. The zero-order chi connectivity index (χ0) is 20.4. The van der Waals surface area contributed by atoms with Crippen LogP contribution >= 0.6 is 24.0 Å². The first kappa shape index (κ1) is 25.4. The normalized spacial score (nSPS) is 12.6. The lowest BCUT2D eigenvalue weighted by molar-refractivity contribution is 0.224. The first-order chi connectivity index (χ1) is 13.6. The lowest BCUT2D eigenvalue weighted by Gasteiger charge is -2.29. The first-order valence-electron chi connectivity index (χ1n) is 10.3. The number of nitrogens with zero attached hydrogens (tertiary/aromatic N) is 3. The fourth-order valence-corrected chi connectivity index (χ4v) is 3.46.